The summed E-state index contributed by atoms with van der Waals surface area (Å²) in [5.74, 6) is 1.43. The summed E-state index contributed by atoms with van der Waals surface area (Å²) in [6, 6.07) is 7.20. The molecule has 27 heavy (non-hydrogen) atoms. The number of rotatable bonds is 5. The Labute approximate surface area is 157 Å². The van der Waals surface area contributed by atoms with Crippen LogP contribution in [0.25, 0.3) is 11.0 Å². The lowest BCUT2D eigenvalue weighted by Crippen LogP contribution is -2.14. The molecule has 7 nitrogen and oxygen atoms in total. The number of hydrogen-bond donors (Lipinski definition) is 1. The Hall–Kier alpha value is -3.09. The lowest BCUT2D eigenvalue weighted by molar-refractivity contribution is 0.102. The number of amides is 1. The maximum atomic E-state index is 13.2. The third-order valence-corrected chi connectivity index (χ3v) is 4.88. The van der Waals surface area contributed by atoms with Gasteiger partial charge >= 0.3 is 0 Å². The molecule has 1 saturated carbocycles. The number of benzene rings is 1. The van der Waals surface area contributed by atoms with Crippen molar-refractivity contribution in [3.8, 4) is 11.5 Å². The number of nitrogens with one attached hydrogen (secondary N) is 1. The second-order valence-corrected chi connectivity index (χ2v) is 6.80. The van der Waals surface area contributed by atoms with E-state index >= 15 is 0 Å². The maximum absolute atomic E-state index is 13.2. The Kier molecular flexibility index (Phi) is 4.22. The predicted molar refractivity (Wildman–Crippen MR) is 103 cm³/mol. The summed E-state index contributed by atoms with van der Waals surface area (Å²) in [7, 11) is 5.01. The van der Waals surface area contributed by atoms with Gasteiger partial charge in [0.1, 0.15) is 11.5 Å². The molecule has 1 fully saturated rings. The molecule has 1 aliphatic rings. The first-order valence-electron chi connectivity index (χ1n) is 8.89. The summed E-state index contributed by atoms with van der Waals surface area (Å²) >= 11 is 0. The van der Waals surface area contributed by atoms with Gasteiger partial charge in [-0.3, -0.25) is 9.48 Å². The molecule has 0 radical (unpaired) electrons. The Morgan fingerprint density at radius 3 is 2.67 bits per heavy atom. The minimum absolute atomic E-state index is 0.216. The molecule has 7 heteroatoms. The molecule has 1 amide bonds. The monoisotopic (exact) mass is 366 g/mol. The summed E-state index contributed by atoms with van der Waals surface area (Å²) in [5.41, 5.74) is 3.61. The molecular formula is C20H22N4O3. The Morgan fingerprint density at radius 1 is 1.22 bits per heavy atom. The van der Waals surface area contributed by atoms with E-state index in [4.69, 9.17) is 14.5 Å². The van der Waals surface area contributed by atoms with Crippen LogP contribution in [0.4, 0.5) is 5.69 Å². The third-order valence-electron chi connectivity index (χ3n) is 4.88. The number of ether oxygens (including phenoxy) is 2. The van der Waals surface area contributed by atoms with Crippen LogP contribution >= 0.6 is 0 Å². The molecule has 0 unspecified atom stereocenters. The number of carbonyl (C=O) groups is 1. The van der Waals surface area contributed by atoms with Gasteiger partial charge in [0.15, 0.2) is 5.65 Å². The molecule has 0 bridgehead atoms. The number of carbonyl (C=O) groups excluding carboxylic acids is 1. The van der Waals surface area contributed by atoms with E-state index in [0.717, 1.165) is 35.3 Å². The molecule has 4 rings (SSSR count). The second kappa shape index (κ2) is 6.57. The maximum Gasteiger partial charge on any atom is 0.256 e. The van der Waals surface area contributed by atoms with Crippen molar-refractivity contribution >= 4 is 22.6 Å². The van der Waals surface area contributed by atoms with Gasteiger partial charge in [0, 0.05) is 24.7 Å². The van der Waals surface area contributed by atoms with Gasteiger partial charge in [-0.2, -0.15) is 5.10 Å². The fourth-order valence-electron chi connectivity index (χ4n) is 3.33. The Bertz CT molecular complexity index is 1040. The predicted octanol–water partition coefficient (Wildman–Crippen LogP) is 3.42. The van der Waals surface area contributed by atoms with Gasteiger partial charge in [-0.15, -0.1) is 0 Å². The molecule has 1 aliphatic carbocycles. The number of pyridine rings is 1. The molecule has 140 valence electrons. The quantitative estimate of drug-likeness (QED) is 0.748. The summed E-state index contributed by atoms with van der Waals surface area (Å²) in [6.45, 7) is 1.89. The van der Waals surface area contributed by atoms with Crippen LogP contribution < -0.4 is 14.8 Å². The Morgan fingerprint density at radius 2 is 2.00 bits per heavy atom. The molecule has 0 aliphatic heterocycles. The summed E-state index contributed by atoms with van der Waals surface area (Å²) in [4.78, 5) is 17.9. The number of anilines is 1. The van der Waals surface area contributed by atoms with Crippen LogP contribution in [-0.4, -0.2) is 34.9 Å². The first kappa shape index (κ1) is 17.3. The van der Waals surface area contributed by atoms with Gasteiger partial charge in [-0.05, 0) is 38.0 Å². The van der Waals surface area contributed by atoms with Crippen molar-refractivity contribution in [3.63, 3.8) is 0 Å². The van der Waals surface area contributed by atoms with Crippen LogP contribution in [0.15, 0.2) is 24.3 Å². The number of hydrogen-bond acceptors (Lipinski definition) is 5. The standard InChI is InChI=1S/C20H22N4O3/c1-11-18-14(10-15(12-5-6-12)21-19(18)24(2)23-11)20(25)22-16-9-13(26-3)7-8-17(16)27-4/h7-10,12H,5-6H2,1-4H3,(H,22,25). The molecule has 3 aromatic rings. The summed E-state index contributed by atoms with van der Waals surface area (Å²) in [5, 5.41) is 8.19. The molecule has 1 aromatic carbocycles. The van der Waals surface area contributed by atoms with Crippen molar-refractivity contribution in [2.75, 3.05) is 19.5 Å². The highest BCUT2D eigenvalue weighted by atomic mass is 16.5. The Balaban J connectivity index is 1.79. The van der Waals surface area contributed by atoms with Gasteiger partial charge < -0.3 is 14.8 Å². The SMILES string of the molecule is COc1ccc(OC)c(NC(=O)c2cc(C3CC3)nc3c2c(C)nn3C)c1. The minimum Gasteiger partial charge on any atom is -0.497 e. The topological polar surface area (TPSA) is 78.3 Å². The van der Waals surface area contributed by atoms with Crippen LogP contribution in [-0.2, 0) is 7.05 Å². The average Bonchev–Trinajstić information content (AvgIpc) is 3.47. The van der Waals surface area contributed by atoms with Gasteiger partial charge in [0.05, 0.1) is 36.6 Å². The van der Waals surface area contributed by atoms with E-state index in [1.807, 2.05) is 20.0 Å². The zero-order valence-corrected chi connectivity index (χ0v) is 15.9. The molecule has 2 heterocycles. The fraction of sp³-hybridized carbons (Fsp3) is 0.350. The normalized spacial score (nSPS) is 13.6. The largest absolute Gasteiger partial charge is 0.497 e. The summed E-state index contributed by atoms with van der Waals surface area (Å²) < 4.78 is 12.4. The van der Waals surface area contributed by atoms with Crippen LogP contribution in [0, 0.1) is 6.92 Å². The highest BCUT2D eigenvalue weighted by molar-refractivity contribution is 6.13. The van der Waals surface area contributed by atoms with Gasteiger partial charge in [0.2, 0.25) is 0 Å². The number of fused-ring (bicyclic) bond motifs is 1. The van der Waals surface area contributed by atoms with E-state index in [-0.39, 0.29) is 5.91 Å². The van der Waals surface area contributed by atoms with Crippen molar-refractivity contribution in [1.82, 2.24) is 14.8 Å². The average molecular weight is 366 g/mol. The van der Waals surface area contributed by atoms with Crippen LogP contribution in [0.2, 0.25) is 0 Å². The van der Waals surface area contributed by atoms with E-state index in [2.05, 4.69) is 10.4 Å². The summed E-state index contributed by atoms with van der Waals surface area (Å²) in [6.07, 6.45) is 2.22. The molecule has 2 aromatic heterocycles. The molecular weight excluding hydrogens is 344 g/mol. The van der Waals surface area contributed by atoms with Crippen molar-refractivity contribution in [2.24, 2.45) is 7.05 Å². The first-order valence-corrected chi connectivity index (χ1v) is 8.89. The molecule has 1 N–H and O–H groups in total. The minimum atomic E-state index is -0.216. The third kappa shape index (κ3) is 3.09. The highest BCUT2D eigenvalue weighted by Gasteiger charge is 2.28. The van der Waals surface area contributed by atoms with E-state index in [1.165, 1.54) is 0 Å². The van der Waals surface area contributed by atoms with E-state index in [9.17, 15) is 4.79 Å². The second-order valence-electron chi connectivity index (χ2n) is 6.80. The van der Waals surface area contributed by atoms with E-state index in [0.29, 0.717) is 28.7 Å². The first-order chi connectivity index (χ1) is 13.0. The van der Waals surface area contributed by atoms with Crippen LogP contribution in [0.5, 0.6) is 11.5 Å². The number of aryl methyl sites for hydroxylation is 2. The molecule has 0 atom stereocenters. The number of aromatic nitrogens is 3. The van der Waals surface area contributed by atoms with Gasteiger partial charge in [-0.1, -0.05) is 0 Å². The van der Waals surface area contributed by atoms with Gasteiger partial charge in [-0.25, -0.2) is 4.98 Å². The molecule has 0 saturated heterocycles. The highest BCUT2D eigenvalue weighted by Crippen LogP contribution is 2.40. The smallest absolute Gasteiger partial charge is 0.256 e. The number of methoxy groups -OCH3 is 2. The zero-order valence-electron chi connectivity index (χ0n) is 15.9. The lowest BCUT2D eigenvalue weighted by atomic mass is 10.1. The van der Waals surface area contributed by atoms with E-state index in [1.54, 1.807) is 37.1 Å². The number of nitrogens with zero attached hydrogens (tertiary/aromatic N) is 3. The van der Waals surface area contributed by atoms with Gasteiger partial charge in [0.25, 0.3) is 5.91 Å². The fourth-order valence-corrected chi connectivity index (χ4v) is 3.33. The van der Waals surface area contributed by atoms with Crippen molar-refractivity contribution in [2.45, 2.75) is 25.7 Å². The van der Waals surface area contributed by atoms with Crippen LogP contribution in [0.3, 0.4) is 0 Å². The zero-order chi connectivity index (χ0) is 19.1. The molecule has 0 spiro atoms. The van der Waals surface area contributed by atoms with Crippen molar-refractivity contribution in [1.29, 1.82) is 0 Å². The lowest BCUT2D eigenvalue weighted by Gasteiger charge is -2.13. The van der Waals surface area contributed by atoms with E-state index < -0.39 is 0 Å². The van der Waals surface area contributed by atoms with Crippen LogP contribution in [0.1, 0.15) is 40.5 Å². The van der Waals surface area contributed by atoms with Crippen molar-refractivity contribution in [3.05, 3.63) is 41.2 Å². The van der Waals surface area contributed by atoms with Crippen molar-refractivity contribution < 1.29 is 14.3 Å².